The summed E-state index contributed by atoms with van der Waals surface area (Å²) in [6.07, 6.45) is 3.75. The largest absolute Gasteiger partial charge is 0.309 e. The predicted octanol–water partition coefficient (Wildman–Crippen LogP) is 11.3. The molecule has 0 spiro atoms. The van der Waals surface area contributed by atoms with Crippen LogP contribution in [0.4, 0.5) is 0 Å². The smallest absolute Gasteiger partial charge is 0.0998 e. The molecule has 0 bridgehead atoms. The van der Waals surface area contributed by atoms with Crippen LogP contribution in [0.1, 0.15) is 23.6 Å². The molecule has 2 heterocycles. The van der Waals surface area contributed by atoms with Gasteiger partial charge in [-0.25, -0.2) is 0 Å². The highest BCUT2D eigenvalue weighted by Crippen LogP contribution is 2.40. The van der Waals surface area contributed by atoms with E-state index in [1.165, 1.54) is 10.8 Å². The van der Waals surface area contributed by atoms with E-state index in [-0.39, 0.29) is 0 Å². The predicted molar refractivity (Wildman–Crippen MR) is 203 cm³/mol. The van der Waals surface area contributed by atoms with Gasteiger partial charge in [0.2, 0.25) is 0 Å². The Kier molecular flexibility index (Phi) is 7.26. The van der Waals surface area contributed by atoms with Gasteiger partial charge in [0.15, 0.2) is 0 Å². The Morgan fingerprint density at radius 3 is 1.82 bits per heavy atom. The number of nitriles is 2. The fourth-order valence-electron chi connectivity index (χ4n) is 7.10. The fraction of sp³-hybridized carbons (Fsp3) is 0.0222. The van der Waals surface area contributed by atoms with E-state index >= 15 is 0 Å². The molecule has 0 atom stereocenters. The SMILES string of the molecule is C=C(/C(=C\C(C#N)=C/C)c1ccccc1-n1c2ccccc2c2c(C#N)cccc21)c1ccc(-n2c3ccccc3c3ccccc32)cc1. The average molecular weight is 627 g/mol. The lowest BCUT2D eigenvalue weighted by Crippen LogP contribution is -2.01. The molecule has 230 valence electrons. The average Bonchev–Trinajstić information content (AvgIpc) is 3.68. The monoisotopic (exact) mass is 626 g/mol. The molecule has 0 saturated carbocycles. The Hall–Kier alpha value is -6.88. The van der Waals surface area contributed by atoms with Gasteiger partial charge in [-0.3, -0.25) is 0 Å². The van der Waals surface area contributed by atoms with Crippen molar-refractivity contribution in [2.24, 2.45) is 0 Å². The summed E-state index contributed by atoms with van der Waals surface area (Å²) in [6.45, 7) is 6.50. The first-order valence-corrected chi connectivity index (χ1v) is 16.2. The highest BCUT2D eigenvalue weighted by atomic mass is 15.0. The zero-order valence-corrected chi connectivity index (χ0v) is 26.9. The highest BCUT2D eigenvalue weighted by Gasteiger charge is 2.20. The third kappa shape index (κ3) is 4.75. The van der Waals surface area contributed by atoms with Crippen molar-refractivity contribution < 1.29 is 0 Å². The van der Waals surface area contributed by atoms with E-state index in [2.05, 4.69) is 131 Å². The van der Waals surface area contributed by atoms with Gasteiger partial charge in [-0.2, -0.15) is 10.5 Å². The molecule has 0 radical (unpaired) electrons. The summed E-state index contributed by atoms with van der Waals surface area (Å²) in [5, 5.41) is 24.5. The van der Waals surface area contributed by atoms with E-state index in [9.17, 15) is 10.5 Å². The number of aromatic nitrogens is 2. The summed E-state index contributed by atoms with van der Waals surface area (Å²) in [5.74, 6) is 0. The van der Waals surface area contributed by atoms with Gasteiger partial charge in [-0.15, -0.1) is 0 Å². The quantitative estimate of drug-likeness (QED) is 0.136. The van der Waals surface area contributed by atoms with Crippen molar-refractivity contribution >= 4 is 54.8 Å². The van der Waals surface area contributed by atoms with Gasteiger partial charge < -0.3 is 9.13 Å². The molecule has 49 heavy (non-hydrogen) atoms. The first kappa shape index (κ1) is 29.5. The van der Waals surface area contributed by atoms with Gasteiger partial charge in [0, 0.05) is 38.4 Å². The van der Waals surface area contributed by atoms with Crippen molar-refractivity contribution in [3.8, 4) is 23.5 Å². The number of hydrogen-bond acceptors (Lipinski definition) is 2. The number of benzene rings is 6. The Labute approximate surface area is 284 Å². The molecule has 0 fully saturated rings. The normalized spacial score (nSPS) is 12.1. The summed E-state index contributed by atoms with van der Waals surface area (Å²) in [4.78, 5) is 0. The molecule has 0 aliphatic rings. The molecule has 8 aromatic rings. The van der Waals surface area contributed by atoms with E-state index in [4.69, 9.17) is 0 Å². The van der Waals surface area contributed by atoms with E-state index in [0.717, 1.165) is 66.5 Å². The molecular weight excluding hydrogens is 597 g/mol. The summed E-state index contributed by atoms with van der Waals surface area (Å²) in [5.41, 5.74) is 11.0. The Morgan fingerprint density at radius 2 is 1.18 bits per heavy atom. The van der Waals surface area contributed by atoms with Crippen molar-refractivity contribution in [1.82, 2.24) is 9.13 Å². The van der Waals surface area contributed by atoms with E-state index in [1.807, 2.05) is 55.5 Å². The van der Waals surface area contributed by atoms with Gasteiger partial charge in [0.05, 0.1) is 45.5 Å². The van der Waals surface area contributed by atoms with Crippen molar-refractivity contribution in [3.63, 3.8) is 0 Å². The Bertz CT molecular complexity index is 2700. The second kappa shape index (κ2) is 12.0. The minimum atomic E-state index is 0.543. The minimum absolute atomic E-state index is 0.543. The number of para-hydroxylation sites is 4. The number of nitrogens with zero attached hydrogens (tertiary/aromatic N) is 4. The number of allylic oxidation sites excluding steroid dienone is 5. The molecule has 0 amide bonds. The molecule has 0 unspecified atom stereocenters. The topological polar surface area (TPSA) is 57.4 Å². The zero-order valence-electron chi connectivity index (χ0n) is 26.9. The van der Waals surface area contributed by atoms with E-state index < -0.39 is 0 Å². The third-order valence-electron chi connectivity index (χ3n) is 9.37. The Morgan fingerprint density at radius 1 is 0.612 bits per heavy atom. The van der Waals surface area contributed by atoms with Crippen LogP contribution in [0.2, 0.25) is 0 Å². The Balaban J connectivity index is 1.30. The van der Waals surface area contributed by atoms with Gasteiger partial charge in [0.1, 0.15) is 0 Å². The zero-order chi connectivity index (χ0) is 33.5. The van der Waals surface area contributed by atoms with Crippen LogP contribution in [0.5, 0.6) is 0 Å². The van der Waals surface area contributed by atoms with Crippen LogP contribution in [-0.2, 0) is 0 Å². The summed E-state index contributed by atoms with van der Waals surface area (Å²) >= 11 is 0. The maximum atomic E-state index is 10.1. The standard InChI is InChI=1S/C45H30N4/c1-3-31(28-46)27-39(30(2)32-23-25-34(26-24-32)48-40-18-8-4-14-35(40)36-15-5-9-19-41(36)48)37-16-6-10-20-42(37)49-43-21-11-7-17-38(43)45-33(29-47)13-12-22-44(45)49/h3-27H,2H2,1H3/b31-3+,39-27+. The maximum Gasteiger partial charge on any atom is 0.0998 e. The molecular formula is C45H30N4. The molecule has 0 aliphatic carbocycles. The highest BCUT2D eigenvalue weighted by molar-refractivity contribution is 6.13. The van der Waals surface area contributed by atoms with Crippen LogP contribution in [0.25, 0.3) is 66.1 Å². The molecule has 0 saturated heterocycles. The summed E-state index contributed by atoms with van der Waals surface area (Å²) < 4.78 is 4.52. The van der Waals surface area contributed by atoms with Crippen molar-refractivity contribution in [1.29, 1.82) is 10.5 Å². The van der Waals surface area contributed by atoms with Crippen LogP contribution in [-0.4, -0.2) is 9.13 Å². The van der Waals surface area contributed by atoms with E-state index in [0.29, 0.717) is 11.1 Å². The summed E-state index contributed by atoms with van der Waals surface area (Å²) in [7, 11) is 0. The van der Waals surface area contributed by atoms with Crippen LogP contribution in [0.15, 0.2) is 164 Å². The summed E-state index contributed by atoms with van der Waals surface area (Å²) in [6, 6.07) is 52.5. The van der Waals surface area contributed by atoms with Crippen molar-refractivity contribution in [2.75, 3.05) is 0 Å². The first-order valence-electron chi connectivity index (χ1n) is 16.2. The molecule has 0 aliphatic heterocycles. The van der Waals surface area contributed by atoms with Crippen LogP contribution in [0, 0.1) is 22.7 Å². The van der Waals surface area contributed by atoms with E-state index in [1.54, 1.807) is 0 Å². The lowest BCUT2D eigenvalue weighted by molar-refractivity contribution is 1.17. The lowest BCUT2D eigenvalue weighted by atomic mass is 9.90. The molecule has 2 aromatic heterocycles. The number of fused-ring (bicyclic) bond motifs is 6. The van der Waals surface area contributed by atoms with Crippen molar-refractivity contribution in [2.45, 2.75) is 6.92 Å². The van der Waals surface area contributed by atoms with Crippen molar-refractivity contribution in [3.05, 3.63) is 181 Å². The van der Waals surface area contributed by atoms with Gasteiger partial charge >= 0.3 is 0 Å². The number of rotatable bonds is 6. The second-order valence-electron chi connectivity index (χ2n) is 12.0. The van der Waals surface area contributed by atoms with Crippen LogP contribution >= 0.6 is 0 Å². The molecule has 8 rings (SSSR count). The lowest BCUT2D eigenvalue weighted by Gasteiger charge is -2.19. The molecule has 0 N–H and O–H groups in total. The van der Waals surface area contributed by atoms with Gasteiger partial charge in [0.25, 0.3) is 0 Å². The fourth-order valence-corrected chi connectivity index (χ4v) is 7.10. The van der Waals surface area contributed by atoms with Crippen LogP contribution < -0.4 is 0 Å². The maximum absolute atomic E-state index is 10.1. The minimum Gasteiger partial charge on any atom is -0.309 e. The first-order chi connectivity index (χ1) is 24.1. The molecule has 4 nitrogen and oxygen atoms in total. The third-order valence-corrected chi connectivity index (χ3v) is 9.37. The van der Waals surface area contributed by atoms with Gasteiger partial charge in [-0.05, 0) is 78.2 Å². The molecule has 4 heteroatoms. The number of hydrogen-bond donors (Lipinski definition) is 0. The molecule has 6 aromatic carbocycles. The van der Waals surface area contributed by atoms with Gasteiger partial charge in [-0.1, -0.05) is 104 Å². The van der Waals surface area contributed by atoms with Crippen LogP contribution in [0.3, 0.4) is 0 Å². The second-order valence-corrected chi connectivity index (χ2v) is 12.0.